The van der Waals surface area contributed by atoms with Crippen molar-refractivity contribution in [2.45, 2.75) is 6.54 Å². The maximum absolute atomic E-state index is 12.3. The molecule has 4 rings (SSSR count). The minimum absolute atomic E-state index is 0.185. The number of ether oxygens (including phenoxy) is 2. The van der Waals surface area contributed by atoms with Gasteiger partial charge < -0.3 is 19.4 Å². The fourth-order valence-corrected chi connectivity index (χ4v) is 3.01. The van der Waals surface area contributed by atoms with Gasteiger partial charge in [-0.3, -0.25) is 4.79 Å². The molecule has 0 radical (unpaired) electrons. The van der Waals surface area contributed by atoms with E-state index in [0.29, 0.717) is 23.9 Å². The number of aromatic nitrogens is 2. The highest BCUT2D eigenvalue weighted by atomic mass is 16.5. The third-order valence-electron chi connectivity index (χ3n) is 4.48. The summed E-state index contributed by atoms with van der Waals surface area (Å²) in [6.07, 6.45) is 1.66. The summed E-state index contributed by atoms with van der Waals surface area (Å²) in [4.78, 5) is 16.5. The maximum Gasteiger partial charge on any atom is 0.316 e. The SMILES string of the molecule is COc1cn(Cc2ccccc2)c(Nc2ccccc2Oc2ccccc2)nc1=O. The molecule has 0 aliphatic heterocycles. The minimum atomic E-state index is -0.439. The number of hydrogen-bond acceptors (Lipinski definition) is 5. The Balaban J connectivity index is 1.69. The Bertz CT molecular complexity index is 1180. The normalized spacial score (nSPS) is 10.4. The fourth-order valence-electron chi connectivity index (χ4n) is 3.01. The van der Waals surface area contributed by atoms with Gasteiger partial charge in [0.1, 0.15) is 5.75 Å². The second-order valence-electron chi connectivity index (χ2n) is 6.59. The molecule has 0 atom stereocenters. The summed E-state index contributed by atoms with van der Waals surface area (Å²) in [5, 5.41) is 3.25. The second kappa shape index (κ2) is 8.96. The number of anilines is 2. The molecule has 0 aliphatic carbocycles. The molecule has 0 spiro atoms. The lowest BCUT2D eigenvalue weighted by molar-refractivity contribution is 0.402. The van der Waals surface area contributed by atoms with Crippen molar-refractivity contribution in [2.24, 2.45) is 0 Å². The van der Waals surface area contributed by atoms with Crippen LogP contribution in [0.15, 0.2) is 95.9 Å². The van der Waals surface area contributed by atoms with Crippen LogP contribution in [0.5, 0.6) is 17.2 Å². The fraction of sp³-hybridized carbons (Fsp3) is 0.0833. The highest BCUT2D eigenvalue weighted by molar-refractivity contribution is 5.63. The molecule has 30 heavy (non-hydrogen) atoms. The molecule has 0 saturated carbocycles. The van der Waals surface area contributed by atoms with Crippen LogP contribution in [0.3, 0.4) is 0 Å². The third kappa shape index (κ3) is 4.50. The number of rotatable bonds is 7. The van der Waals surface area contributed by atoms with Crippen LogP contribution in [0.1, 0.15) is 5.56 Å². The lowest BCUT2D eigenvalue weighted by Gasteiger charge is -2.17. The number of nitrogens with zero attached hydrogens (tertiary/aromatic N) is 2. The van der Waals surface area contributed by atoms with E-state index >= 15 is 0 Å². The molecular weight excluding hydrogens is 378 g/mol. The molecule has 0 unspecified atom stereocenters. The smallest absolute Gasteiger partial charge is 0.316 e. The van der Waals surface area contributed by atoms with Crippen LogP contribution in [-0.2, 0) is 6.54 Å². The number of hydrogen-bond donors (Lipinski definition) is 1. The topological polar surface area (TPSA) is 65.4 Å². The molecule has 1 N–H and O–H groups in total. The first-order chi connectivity index (χ1) is 14.7. The van der Waals surface area contributed by atoms with Crippen LogP contribution in [0.4, 0.5) is 11.6 Å². The molecule has 6 nitrogen and oxygen atoms in total. The summed E-state index contributed by atoms with van der Waals surface area (Å²) < 4.78 is 13.0. The number of methoxy groups -OCH3 is 1. The molecular formula is C24H21N3O3. The van der Waals surface area contributed by atoms with Crippen LogP contribution in [0.2, 0.25) is 0 Å². The van der Waals surface area contributed by atoms with Crippen molar-refractivity contribution in [2.75, 3.05) is 12.4 Å². The van der Waals surface area contributed by atoms with Crippen molar-refractivity contribution < 1.29 is 9.47 Å². The maximum atomic E-state index is 12.3. The van der Waals surface area contributed by atoms with Gasteiger partial charge in [-0.1, -0.05) is 60.7 Å². The summed E-state index contributed by atoms with van der Waals surface area (Å²) in [6, 6.07) is 27.0. The predicted molar refractivity (Wildman–Crippen MR) is 117 cm³/mol. The molecule has 1 aromatic heterocycles. The average Bonchev–Trinajstić information content (AvgIpc) is 2.78. The zero-order chi connectivity index (χ0) is 20.8. The highest BCUT2D eigenvalue weighted by Gasteiger charge is 2.12. The lowest BCUT2D eigenvalue weighted by atomic mass is 10.2. The molecule has 0 fully saturated rings. The third-order valence-corrected chi connectivity index (χ3v) is 4.48. The van der Waals surface area contributed by atoms with Crippen LogP contribution in [0, 0.1) is 0 Å². The van der Waals surface area contributed by atoms with E-state index in [1.807, 2.05) is 89.5 Å². The second-order valence-corrected chi connectivity index (χ2v) is 6.59. The van der Waals surface area contributed by atoms with Gasteiger partial charge >= 0.3 is 5.56 Å². The van der Waals surface area contributed by atoms with E-state index in [0.717, 1.165) is 11.3 Å². The van der Waals surface area contributed by atoms with E-state index in [2.05, 4.69) is 10.3 Å². The van der Waals surface area contributed by atoms with Crippen molar-refractivity contribution in [1.29, 1.82) is 0 Å². The quantitative estimate of drug-likeness (QED) is 0.482. The summed E-state index contributed by atoms with van der Waals surface area (Å²) in [5.41, 5.74) is 1.33. The molecule has 150 valence electrons. The molecule has 0 aliphatic rings. The highest BCUT2D eigenvalue weighted by Crippen LogP contribution is 2.31. The van der Waals surface area contributed by atoms with Gasteiger partial charge in [-0.25, -0.2) is 0 Å². The molecule has 3 aromatic carbocycles. The molecule has 6 heteroatoms. The van der Waals surface area contributed by atoms with Gasteiger partial charge in [-0.05, 0) is 29.8 Å². The van der Waals surface area contributed by atoms with E-state index in [4.69, 9.17) is 9.47 Å². The van der Waals surface area contributed by atoms with E-state index in [1.54, 1.807) is 6.20 Å². The van der Waals surface area contributed by atoms with Crippen LogP contribution in [0.25, 0.3) is 0 Å². The number of benzene rings is 3. The average molecular weight is 399 g/mol. The Hall–Kier alpha value is -4.06. The number of nitrogens with one attached hydrogen (secondary N) is 1. The van der Waals surface area contributed by atoms with Crippen molar-refractivity contribution in [1.82, 2.24) is 9.55 Å². The van der Waals surface area contributed by atoms with Gasteiger partial charge in [0, 0.05) is 0 Å². The van der Waals surface area contributed by atoms with Gasteiger partial charge in [-0.2, -0.15) is 4.98 Å². The number of para-hydroxylation sites is 3. The van der Waals surface area contributed by atoms with E-state index in [9.17, 15) is 4.79 Å². The van der Waals surface area contributed by atoms with Crippen molar-refractivity contribution >= 4 is 11.6 Å². The summed E-state index contributed by atoms with van der Waals surface area (Å²) in [5.74, 6) is 1.93. The van der Waals surface area contributed by atoms with Crippen LogP contribution >= 0.6 is 0 Å². The monoisotopic (exact) mass is 399 g/mol. The van der Waals surface area contributed by atoms with Gasteiger partial charge in [0.15, 0.2) is 5.75 Å². The first kappa shape index (κ1) is 19.3. The Kier molecular flexibility index (Phi) is 5.75. The first-order valence-corrected chi connectivity index (χ1v) is 9.51. The predicted octanol–water partition coefficient (Wildman–Crippen LogP) is 4.84. The summed E-state index contributed by atoms with van der Waals surface area (Å²) >= 11 is 0. The van der Waals surface area contributed by atoms with Crippen LogP contribution < -0.4 is 20.3 Å². The Morgan fingerprint density at radius 1 is 0.867 bits per heavy atom. The van der Waals surface area contributed by atoms with E-state index < -0.39 is 5.56 Å². The molecule has 1 heterocycles. The Labute approximate surface area is 174 Å². The Morgan fingerprint density at radius 2 is 1.53 bits per heavy atom. The zero-order valence-corrected chi connectivity index (χ0v) is 16.5. The van der Waals surface area contributed by atoms with Crippen molar-refractivity contribution in [3.8, 4) is 17.2 Å². The first-order valence-electron chi connectivity index (χ1n) is 9.51. The summed E-state index contributed by atoms with van der Waals surface area (Å²) in [7, 11) is 1.46. The zero-order valence-electron chi connectivity index (χ0n) is 16.5. The molecule has 4 aromatic rings. The Morgan fingerprint density at radius 3 is 2.27 bits per heavy atom. The standard InChI is InChI=1S/C24H21N3O3/c1-29-22-17-27(16-18-10-4-2-5-11-18)24(26-23(22)28)25-20-14-8-9-15-21(20)30-19-12-6-3-7-13-19/h2-15,17H,16H2,1H3,(H,25,26,28). The van der Waals surface area contributed by atoms with Gasteiger partial charge in [0.2, 0.25) is 11.7 Å². The van der Waals surface area contributed by atoms with Crippen LogP contribution in [-0.4, -0.2) is 16.7 Å². The summed E-state index contributed by atoms with van der Waals surface area (Å²) in [6.45, 7) is 0.522. The van der Waals surface area contributed by atoms with Crippen molar-refractivity contribution in [3.05, 3.63) is 107 Å². The van der Waals surface area contributed by atoms with E-state index in [1.165, 1.54) is 7.11 Å². The minimum Gasteiger partial charge on any atom is -0.490 e. The van der Waals surface area contributed by atoms with E-state index in [-0.39, 0.29) is 5.75 Å². The van der Waals surface area contributed by atoms with Gasteiger partial charge in [0.25, 0.3) is 0 Å². The largest absolute Gasteiger partial charge is 0.490 e. The molecule has 0 amide bonds. The molecule has 0 bridgehead atoms. The van der Waals surface area contributed by atoms with Crippen molar-refractivity contribution in [3.63, 3.8) is 0 Å². The molecule has 0 saturated heterocycles. The van der Waals surface area contributed by atoms with Gasteiger partial charge in [-0.15, -0.1) is 0 Å². The van der Waals surface area contributed by atoms with Gasteiger partial charge in [0.05, 0.1) is 25.5 Å². The lowest BCUT2D eigenvalue weighted by Crippen LogP contribution is -2.18.